The van der Waals surface area contributed by atoms with Crippen molar-refractivity contribution >= 4 is 10.0 Å². The standard InChI is InChI=1S/C13H29N3O2S/c1-3-14-7-6-10-19(17,18)15-11-13(2)12-16-8-4-5-9-16/h13-15H,3-12H2,1-2H3. The maximum Gasteiger partial charge on any atom is 0.211 e. The second-order valence-corrected chi connectivity index (χ2v) is 7.41. The molecule has 2 N–H and O–H groups in total. The monoisotopic (exact) mass is 291 g/mol. The topological polar surface area (TPSA) is 61.4 Å². The first-order chi connectivity index (χ1) is 9.03. The number of nitrogens with one attached hydrogen (secondary N) is 2. The van der Waals surface area contributed by atoms with Crippen molar-refractivity contribution in [3.63, 3.8) is 0 Å². The molecular formula is C13H29N3O2S. The van der Waals surface area contributed by atoms with Crippen LogP contribution >= 0.6 is 0 Å². The highest BCUT2D eigenvalue weighted by Gasteiger charge is 2.16. The predicted octanol–water partition coefficient (Wildman–Crippen LogP) is 0.637. The van der Waals surface area contributed by atoms with Crippen molar-refractivity contribution < 1.29 is 8.42 Å². The molecule has 1 rings (SSSR count). The molecule has 0 aromatic heterocycles. The zero-order valence-corrected chi connectivity index (χ0v) is 13.1. The van der Waals surface area contributed by atoms with Crippen molar-refractivity contribution in [2.75, 3.05) is 45.0 Å². The molecule has 0 saturated carbocycles. The van der Waals surface area contributed by atoms with Gasteiger partial charge >= 0.3 is 0 Å². The van der Waals surface area contributed by atoms with Crippen LogP contribution in [0.4, 0.5) is 0 Å². The summed E-state index contributed by atoms with van der Waals surface area (Å²) in [5, 5.41) is 3.14. The molecule has 1 fully saturated rings. The third-order valence-electron chi connectivity index (χ3n) is 3.44. The molecule has 0 amide bonds. The molecule has 1 unspecified atom stereocenters. The number of likely N-dealkylation sites (tertiary alicyclic amines) is 1. The lowest BCUT2D eigenvalue weighted by atomic mass is 10.2. The highest BCUT2D eigenvalue weighted by atomic mass is 32.2. The number of hydrogen-bond donors (Lipinski definition) is 2. The zero-order chi connectivity index (χ0) is 14.1. The fourth-order valence-corrected chi connectivity index (χ4v) is 3.58. The molecule has 5 nitrogen and oxygen atoms in total. The molecule has 1 aliphatic heterocycles. The molecule has 0 spiro atoms. The molecule has 1 saturated heterocycles. The molecular weight excluding hydrogens is 262 g/mol. The normalized spacial score (nSPS) is 18.8. The molecule has 1 heterocycles. The van der Waals surface area contributed by atoms with Crippen LogP contribution < -0.4 is 10.0 Å². The summed E-state index contributed by atoms with van der Waals surface area (Å²) in [7, 11) is -3.10. The van der Waals surface area contributed by atoms with Gasteiger partial charge in [-0.15, -0.1) is 0 Å². The maximum absolute atomic E-state index is 11.8. The van der Waals surface area contributed by atoms with Crippen LogP contribution in [0.2, 0.25) is 0 Å². The Morgan fingerprint density at radius 1 is 1.26 bits per heavy atom. The fourth-order valence-electron chi connectivity index (χ4n) is 2.38. The van der Waals surface area contributed by atoms with Crippen LogP contribution in [0.15, 0.2) is 0 Å². The smallest absolute Gasteiger partial charge is 0.211 e. The Balaban J connectivity index is 2.14. The number of hydrogen-bond acceptors (Lipinski definition) is 4. The van der Waals surface area contributed by atoms with Crippen LogP contribution in [-0.2, 0) is 10.0 Å². The van der Waals surface area contributed by atoms with E-state index in [1.807, 2.05) is 6.92 Å². The lowest BCUT2D eigenvalue weighted by Crippen LogP contribution is -2.36. The van der Waals surface area contributed by atoms with Gasteiger partial charge in [0.2, 0.25) is 10.0 Å². The molecule has 1 aliphatic rings. The quantitative estimate of drug-likeness (QED) is 0.580. The van der Waals surface area contributed by atoms with Crippen molar-refractivity contribution in [2.45, 2.75) is 33.1 Å². The van der Waals surface area contributed by atoms with E-state index in [0.717, 1.165) is 19.6 Å². The summed E-state index contributed by atoms with van der Waals surface area (Å²) < 4.78 is 26.3. The molecule has 0 aromatic carbocycles. The van der Waals surface area contributed by atoms with Gasteiger partial charge in [0.25, 0.3) is 0 Å². The fraction of sp³-hybridized carbons (Fsp3) is 1.00. The Morgan fingerprint density at radius 3 is 2.58 bits per heavy atom. The van der Waals surface area contributed by atoms with E-state index >= 15 is 0 Å². The largest absolute Gasteiger partial charge is 0.317 e. The van der Waals surface area contributed by atoms with Crippen LogP contribution in [0.3, 0.4) is 0 Å². The zero-order valence-electron chi connectivity index (χ0n) is 12.3. The van der Waals surface area contributed by atoms with Gasteiger partial charge in [0.15, 0.2) is 0 Å². The van der Waals surface area contributed by atoms with Gasteiger partial charge in [-0.2, -0.15) is 0 Å². The summed E-state index contributed by atoms with van der Waals surface area (Å²) in [6, 6.07) is 0. The van der Waals surface area contributed by atoms with Gasteiger partial charge in [-0.3, -0.25) is 0 Å². The molecule has 0 aliphatic carbocycles. The van der Waals surface area contributed by atoms with Crippen molar-refractivity contribution in [2.24, 2.45) is 5.92 Å². The van der Waals surface area contributed by atoms with Crippen molar-refractivity contribution in [3.8, 4) is 0 Å². The Kier molecular flexibility index (Phi) is 7.90. The van der Waals surface area contributed by atoms with Crippen LogP contribution in [-0.4, -0.2) is 58.3 Å². The van der Waals surface area contributed by atoms with Crippen LogP contribution in [0, 0.1) is 5.92 Å². The SMILES string of the molecule is CCNCCCS(=O)(=O)NCC(C)CN1CCCC1. The Labute approximate surface area is 118 Å². The molecule has 6 heteroatoms. The predicted molar refractivity (Wildman–Crippen MR) is 79.8 cm³/mol. The summed E-state index contributed by atoms with van der Waals surface area (Å²) in [5.41, 5.74) is 0. The van der Waals surface area contributed by atoms with Gasteiger partial charge in [-0.05, 0) is 51.4 Å². The van der Waals surface area contributed by atoms with Gasteiger partial charge in [-0.25, -0.2) is 13.1 Å². The number of sulfonamides is 1. The first-order valence-corrected chi connectivity index (χ1v) is 9.09. The lowest BCUT2D eigenvalue weighted by Gasteiger charge is -2.20. The number of nitrogens with zero attached hydrogens (tertiary/aromatic N) is 1. The Hall–Kier alpha value is -0.170. The maximum atomic E-state index is 11.8. The van der Waals surface area contributed by atoms with Crippen LogP contribution in [0.25, 0.3) is 0 Å². The van der Waals surface area contributed by atoms with Gasteiger partial charge in [-0.1, -0.05) is 13.8 Å². The number of rotatable bonds is 10. The van der Waals surface area contributed by atoms with Gasteiger partial charge in [0.1, 0.15) is 0 Å². The van der Waals surface area contributed by atoms with Crippen molar-refractivity contribution in [1.82, 2.24) is 14.9 Å². The van der Waals surface area contributed by atoms with E-state index in [4.69, 9.17) is 0 Å². The molecule has 19 heavy (non-hydrogen) atoms. The van der Waals surface area contributed by atoms with Gasteiger partial charge < -0.3 is 10.2 Å². The molecule has 1 atom stereocenters. The molecule has 0 radical (unpaired) electrons. The second kappa shape index (κ2) is 8.89. The second-order valence-electron chi connectivity index (χ2n) is 5.49. The third-order valence-corrected chi connectivity index (χ3v) is 4.87. The van der Waals surface area contributed by atoms with Crippen LogP contribution in [0.5, 0.6) is 0 Å². The van der Waals surface area contributed by atoms with Crippen LogP contribution in [0.1, 0.15) is 33.1 Å². The minimum Gasteiger partial charge on any atom is -0.317 e. The summed E-state index contributed by atoms with van der Waals surface area (Å²) >= 11 is 0. The first-order valence-electron chi connectivity index (χ1n) is 7.44. The first kappa shape index (κ1) is 16.9. The average Bonchev–Trinajstić information content (AvgIpc) is 2.85. The van der Waals surface area contributed by atoms with Gasteiger partial charge in [0, 0.05) is 13.1 Å². The van der Waals surface area contributed by atoms with E-state index in [1.54, 1.807) is 0 Å². The average molecular weight is 291 g/mol. The molecule has 114 valence electrons. The highest BCUT2D eigenvalue weighted by molar-refractivity contribution is 7.89. The Bertz CT molecular complexity index is 327. The molecule has 0 bridgehead atoms. The Morgan fingerprint density at radius 2 is 1.95 bits per heavy atom. The van der Waals surface area contributed by atoms with E-state index in [-0.39, 0.29) is 5.75 Å². The summed E-state index contributed by atoms with van der Waals surface area (Å²) in [5.74, 6) is 0.595. The third kappa shape index (κ3) is 7.87. The van der Waals surface area contributed by atoms with E-state index in [0.29, 0.717) is 18.9 Å². The minimum atomic E-state index is -3.10. The highest BCUT2D eigenvalue weighted by Crippen LogP contribution is 2.09. The van der Waals surface area contributed by atoms with Crippen molar-refractivity contribution in [1.29, 1.82) is 0 Å². The molecule has 0 aromatic rings. The van der Waals surface area contributed by atoms with Crippen molar-refractivity contribution in [3.05, 3.63) is 0 Å². The summed E-state index contributed by atoms with van der Waals surface area (Å²) in [6.45, 7) is 9.67. The lowest BCUT2D eigenvalue weighted by molar-refractivity contribution is 0.288. The summed E-state index contributed by atoms with van der Waals surface area (Å²) in [6.07, 6.45) is 3.23. The minimum absolute atomic E-state index is 0.219. The van der Waals surface area contributed by atoms with E-state index < -0.39 is 10.0 Å². The van der Waals surface area contributed by atoms with E-state index in [1.165, 1.54) is 25.9 Å². The summed E-state index contributed by atoms with van der Waals surface area (Å²) in [4.78, 5) is 2.42. The van der Waals surface area contributed by atoms with E-state index in [2.05, 4.69) is 21.9 Å². The van der Waals surface area contributed by atoms with Gasteiger partial charge in [0.05, 0.1) is 5.75 Å². The van der Waals surface area contributed by atoms with E-state index in [9.17, 15) is 8.42 Å².